The number of amides is 1. The molecule has 0 aliphatic carbocycles. The second-order valence-corrected chi connectivity index (χ2v) is 5.83. The van der Waals surface area contributed by atoms with Crippen molar-refractivity contribution < 1.29 is 4.79 Å². The van der Waals surface area contributed by atoms with Crippen molar-refractivity contribution in [2.45, 2.75) is 20.8 Å². The molecule has 7 nitrogen and oxygen atoms in total. The summed E-state index contributed by atoms with van der Waals surface area (Å²) in [5.41, 5.74) is 5.20. The van der Waals surface area contributed by atoms with Crippen LogP contribution in [0.3, 0.4) is 0 Å². The Balaban J connectivity index is 1.79. The molecule has 0 atom stereocenters. The van der Waals surface area contributed by atoms with Crippen molar-refractivity contribution in [2.24, 2.45) is 14.1 Å². The van der Waals surface area contributed by atoms with Crippen LogP contribution in [-0.2, 0) is 18.9 Å². The summed E-state index contributed by atoms with van der Waals surface area (Å²) in [5, 5.41) is 12.4. The van der Waals surface area contributed by atoms with Crippen molar-refractivity contribution >= 4 is 28.7 Å². The number of pyridine rings is 1. The van der Waals surface area contributed by atoms with Gasteiger partial charge in [-0.1, -0.05) is 0 Å². The molecule has 124 valence electrons. The Hall–Kier alpha value is -2.96. The average molecular weight is 324 g/mol. The summed E-state index contributed by atoms with van der Waals surface area (Å²) in [6, 6.07) is 1.89. The predicted octanol–water partition coefficient (Wildman–Crippen LogP) is 2.28. The largest absolute Gasteiger partial charge is 0.321 e. The summed E-state index contributed by atoms with van der Waals surface area (Å²) >= 11 is 0. The summed E-state index contributed by atoms with van der Waals surface area (Å²) < 4.78 is 3.53. The third-order valence-electron chi connectivity index (χ3n) is 4.10. The lowest BCUT2D eigenvalue weighted by atomic mass is 10.2. The van der Waals surface area contributed by atoms with E-state index in [1.54, 1.807) is 21.6 Å². The normalized spacial score (nSPS) is 11.5. The van der Waals surface area contributed by atoms with Gasteiger partial charge in [-0.2, -0.15) is 10.2 Å². The quantitative estimate of drug-likeness (QED) is 0.750. The van der Waals surface area contributed by atoms with Crippen molar-refractivity contribution in [1.29, 1.82) is 0 Å². The highest BCUT2D eigenvalue weighted by Gasteiger charge is 2.09. The van der Waals surface area contributed by atoms with Crippen LogP contribution < -0.4 is 5.32 Å². The smallest absolute Gasteiger partial charge is 0.248 e. The molecule has 0 aromatic carbocycles. The molecule has 3 rings (SSSR count). The van der Waals surface area contributed by atoms with E-state index < -0.39 is 0 Å². The van der Waals surface area contributed by atoms with Gasteiger partial charge in [0.05, 0.1) is 23.3 Å². The van der Waals surface area contributed by atoms with Gasteiger partial charge in [0.1, 0.15) is 0 Å². The van der Waals surface area contributed by atoms with E-state index in [1.807, 2.05) is 40.9 Å². The number of fused-ring (bicyclic) bond motifs is 1. The molecule has 0 aliphatic heterocycles. The van der Waals surface area contributed by atoms with Gasteiger partial charge in [-0.25, -0.2) is 4.98 Å². The zero-order valence-electron chi connectivity index (χ0n) is 14.5. The van der Waals surface area contributed by atoms with Crippen LogP contribution in [0.5, 0.6) is 0 Å². The zero-order chi connectivity index (χ0) is 17.4. The summed E-state index contributed by atoms with van der Waals surface area (Å²) in [6.07, 6.45) is 4.93. The Morgan fingerprint density at radius 2 is 1.83 bits per heavy atom. The first kappa shape index (κ1) is 15.9. The third kappa shape index (κ3) is 2.80. The standard InChI is InChI=1S/C17H20N6O/c1-10-14(12(3)22(4)20-10)6-7-16(24)19-13-8-15-11(2)21-23(5)17(15)18-9-13/h6-9H,1-5H3,(H,19,24)/b7-6+. The van der Waals surface area contributed by atoms with Crippen LogP contribution >= 0.6 is 0 Å². The zero-order valence-corrected chi connectivity index (χ0v) is 14.5. The minimum atomic E-state index is -0.208. The maximum absolute atomic E-state index is 12.2. The minimum Gasteiger partial charge on any atom is -0.321 e. The molecule has 0 saturated carbocycles. The van der Waals surface area contributed by atoms with Gasteiger partial charge in [-0.05, 0) is 32.9 Å². The van der Waals surface area contributed by atoms with E-state index in [4.69, 9.17) is 0 Å². The number of aryl methyl sites for hydroxylation is 4. The molecule has 0 bridgehead atoms. The Bertz CT molecular complexity index is 963. The van der Waals surface area contributed by atoms with Crippen LogP contribution in [0.25, 0.3) is 17.1 Å². The highest BCUT2D eigenvalue weighted by atomic mass is 16.1. The van der Waals surface area contributed by atoms with E-state index in [2.05, 4.69) is 20.5 Å². The summed E-state index contributed by atoms with van der Waals surface area (Å²) in [7, 11) is 3.73. The van der Waals surface area contributed by atoms with Crippen molar-refractivity contribution in [1.82, 2.24) is 24.5 Å². The molecule has 0 fully saturated rings. The van der Waals surface area contributed by atoms with Crippen molar-refractivity contribution in [3.8, 4) is 0 Å². The molecule has 1 amide bonds. The maximum atomic E-state index is 12.2. The molecule has 0 aliphatic rings. The Morgan fingerprint density at radius 3 is 2.50 bits per heavy atom. The SMILES string of the molecule is Cc1nn(C)c(C)c1/C=C/C(=O)Nc1cnc2c(c1)c(C)nn2C. The van der Waals surface area contributed by atoms with Gasteiger partial charge in [0, 0.05) is 36.8 Å². The Labute approximate surface area is 140 Å². The number of carbonyl (C=O) groups is 1. The van der Waals surface area contributed by atoms with Gasteiger partial charge < -0.3 is 5.32 Å². The highest BCUT2D eigenvalue weighted by molar-refractivity contribution is 6.02. The second-order valence-electron chi connectivity index (χ2n) is 5.83. The maximum Gasteiger partial charge on any atom is 0.248 e. The monoisotopic (exact) mass is 324 g/mol. The number of nitrogens with one attached hydrogen (secondary N) is 1. The topological polar surface area (TPSA) is 77.6 Å². The van der Waals surface area contributed by atoms with Gasteiger partial charge in [0.2, 0.25) is 5.91 Å². The van der Waals surface area contributed by atoms with Crippen LogP contribution in [0.1, 0.15) is 22.6 Å². The highest BCUT2D eigenvalue weighted by Crippen LogP contribution is 2.19. The number of rotatable bonds is 3. The number of hydrogen-bond acceptors (Lipinski definition) is 4. The molecule has 24 heavy (non-hydrogen) atoms. The molecule has 0 radical (unpaired) electrons. The number of hydrogen-bond donors (Lipinski definition) is 1. The first-order valence-electron chi connectivity index (χ1n) is 7.65. The lowest BCUT2D eigenvalue weighted by Gasteiger charge is -2.02. The van der Waals surface area contributed by atoms with Crippen molar-refractivity contribution in [2.75, 3.05) is 5.32 Å². The molecule has 3 aromatic rings. The van der Waals surface area contributed by atoms with Crippen LogP contribution in [0.15, 0.2) is 18.3 Å². The van der Waals surface area contributed by atoms with Crippen molar-refractivity contribution in [3.05, 3.63) is 41.0 Å². The van der Waals surface area contributed by atoms with E-state index in [0.717, 1.165) is 33.7 Å². The third-order valence-corrected chi connectivity index (χ3v) is 4.10. The molecule has 3 aromatic heterocycles. The minimum absolute atomic E-state index is 0.208. The van der Waals surface area contributed by atoms with Gasteiger partial charge >= 0.3 is 0 Å². The molecular formula is C17H20N6O. The first-order valence-corrected chi connectivity index (χ1v) is 7.65. The second kappa shape index (κ2) is 5.92. The lowest BCUT2D eigenvalue weighted by molar-refractivity contribution is -0.111. The van der Waals surface area contributed by atoms with Gasteiger partial charge in [0.25, 0.3) is 0 Å². The van der Waals surface area contributed by atoms with E-state index in [-0.39, 0.29) is 5.91 Å². The fourth-order valence-corrected chi connectivity index (χ4v) is 2.75. The van der Waals surface area contributed by atoms with E-state index >= 15 is 0 Å². The average Bonchev–Trinajstić information content (AvgIpc) is 2.94. The Kier molecular flexibility index (Phi) is 3.92. The van der Waals surface area contributed by atoms with Crippen LogP contribution in [0.2, 0.25) is 0 Å². The summed E-state index contributed by atoms with van der Waals surface area (Å²) in [6.45, 7) is 5.82. The molecule has 0 spiro atoms. The molecule has 1 N–H and O–H groups in total. The molecular weight excluding hydrogens is 304 g/mol. The van der Waals surface area contributed by atoms with E-state index in [0.29, 0.717) is 5.69 Å². The lowest BCUT2D eigenvalue weighted by Crippen LogP contribution is -2.08. The van der Waals surface area contributed by atoms with Gasteiger partial charge in [-0.15, -0.1) is 0 Å². The number of carbonyl (C=O) groups excluding carboxylic acids is 1. The molecule has 3 heterocycles. The van der Waals surface area contributed by atoms with Crippen LogP contribution in [-0.4, -0.2) is 30.5 Å². The fourth-order valence-electron chi connectivity index (χ4n) is 2.75. The Morgan fingerprint density at radius 1 is 1.12 bits per heavy atom. The van der Waals surface area contributed by atoms with Crippen molar-refractivity contribution in [3.63, 3.8) is 0 Å². The molecule has 0 unspecified atom stereocenters. The number of nitrogens with zero attached hydrogens (tertiary/aromatic N) is 5. The number of anilines is 1. The van der Waals surface area contributed by atoms with Crippen LogP contribution in [0.4, 0.5) is 5.69 Å². The first-order chi connectivity index (χ1) is 11.4. The van der Waals surface area contributed by atoms with Crippen LogP contribution in [0, 0.1) is 20.8 Å². The van der Waals surface area contributed by atoms with E-state index in [1.165, 1.54) is 6.08 Å². The predicted molar refractivity (Wildman–Crippen MR) is 93.6 cm³/mol. The molecule has 0 saturated heterocycles. The summed E-state index contributed by atoms with van der Waals surface area (Å²) in [5.74, 6) is -0.208. The summed E-state index contributed by atoms with van der Waals surface area (Å²) in [4.78, 5) is 16.5. The molecule has 7 heteroatoms. The number of aromatic nitrogens is 5. The fraction of sp³-hybridized carbons (Fsp3) is 0.294. The van der Waals surface area contributed by atoms with Gasteiger partial charge in [-0.3, -0.25) is 14.2 Å². The van der Waals surface area contributed by atoms with Gasteiger partial charge in [0.15, 0.2) is 5.65 Å². The van der Waals surface area contributed by atoms with E-state index in [9.17, 15) is 4.79 Å².